The summed E-state index contributed by atoms with van der Waals surface area (Å²) in [7, 11) is 0. The first-order valence-electron chi connectivity index (χ1n) is 15.3. The Morgan fingerprint density at radius 2 is 1.54 bits per heavy atom. The molecule has 2 aliphatic carbocycles. The maximum Gasteiger partial charge on any atom is 0.154 e. The van der Waals surface area contributed by atoms with Crippen molar-refractivity contribution in [3.05, 3.63) is 102 Å². The number of nitrogens with zero attached hydrogens (tertiary/aromatic N) is 3. The van der Waals surface area contributed by atoms with E-state index in [-0.39, 0.29) is 0 Å². The number of aromatic nitrogens is 3. The second-order valence-electron chi connectivity index (χ2n) is 12.5. The molecule has 0 amide bonds. The van der Waals surface area contributed by atoms with Crippen LogP contribution in [0.5, 0.6) is 0 Å². The molecular formula is C37H36N4. The van der Waals surface area contributed by atoms with Gasteiger partial charge in [0.25, 0.3) is 0 Å². The number of anilines is 2. The van der Waals surface area contributed by atoms with Gasteiger partial charge >= 0.3 is 0 Å². The highest BCUT2D eigenvalue weighted by atomic mass is 15.2. The molecule has 8 rings (SSSR count). The van der Waals surface area contributed by atoms with E-state index in [0.29, 0.717) is 11.3 Å². The van der Waals surface area contributed by atoms with Crippen molar-refractivity contribution < 1.29 is 0 Å². The van der Waals surface area contributed by atoms with Gasteiger partial charge in [-0.05, 0) is 72.4 Å². The largest absolute Gasteiger partial charge is 0.338 e. The number of pyridine rings is 1. The average molecular weight is 537 g/mol. The summed E-state index contributed by atoms with van der Waals surface area (Å²) in [6, 6.07) is 31.2. The maximum atomic E-state index is 5.43. The molecule has 0 radical (unpaired) electrons. The molecule has 204 valence electrons. The Morgan fingerprint density at radius 1 is 0.780 bits per heavy atom. The number of para-hydroxylation sites is 1. The van der Waals surface area contributed by atoms with Crippen molar-refractivity contribution in [1.82, 2.24) is 14.5 Å². The number of benzene rings is 3. The van der Waals surface area contributed by atoms with Crippen molar-refractivity contribution in [2.45, 2.75) is 69.6 Å². The van der Waals surface area contributed by atoms with Gasteiger partial charge in [0.2, 0.25) is 0 Å². The van der Waals surface area contributed by atoms with E-state index in [1.165, 1.54) is 68.1 Å². The molecule has 1 N–H and O–H groups in total. The van der Waals surface area contributed by atoms with Gasteiger partial charge in [0, 0.05) is 22.9 Å². The summed E-state index contributed by atoms with van der Waals surface area (Å²) >= 11 is 0. The van der Waals surface area contributed by atoms with Crippen LogP contribution < -0.4 is 5.32 Å². The van der Waals surface area contributed by atoms with Crippen molar-refractivity contribution in [2.24, 2.45) is 0 Å². The summed E-state index contributed by atoms with van der Waals surface area (Å²) in [6.07, 6.45) is 12.4. The van der Waals surface area contributed by atoms with E-state index in [4.69, 9.17) is 9.97 Å². The normalized spacial score (nSPS) is 17.4. The van der Waals surface area contributed by atoms with Gasteiger partial charge in [-0.15, -0.1) is 0 Å². The molecule has 3 aromatic carbocycles. The molecule has 4 heteroatoms. The monoisotopic (exact) mass is 536 g/mol. The Hall–Kier alpha value is -4.18. The van der Waals surface area contributed by atoms with Crippen LogP contribution in [0.4, 0.5) is 11.5 Å². The summed E-state index contributed by atoms with van der Waals surface area (Å²) in [5, 5.41) is 3.59. The molecule has 41 heavy (non-hydrogen) atoms. The lowest BCUT2D eigenvalue weighted by atomic mass is 9.66. The van der Waals surface area contributed by atoms with E-state index in [2.05, 4.69) is 95.7 Å². The van der Waals surface area contributed by atoms with Crippen LogP contribution in [0.2, 0.25) is 0 Å². The van der Waals surface area contributed by atoms with Crippen molar-refractivity contribution in [1.29, 1.82) is 0 Å². The van der Waals surface area contributed by atoms with Crippen molar-refractivity contribution in [3.8, 4) is 39.6 Å². The summed E-state index contributed by atoms with van der Waals surface area (Å²) in [5.41, 5.74) is 10.8. The molecule has 0 atom stereocenters. The van der Waals surface area contributed by atoms with Gasteiger partial charge in [0.05, 0.1) is 22.8 Å². The Morgan fingerprint density at radius 3 is 2.29 bits per heavy atom. The second-order valence-corrected chi connectivity index (χ2v) is 12.5. The van der Waals surface area contributed by atoms with Gasteiger partial charge in [0.15, 0.2) is 5.82 Å². The molecule has 5 aromatic rings. The van der Waals surface area contributed by atoms with Crippen LogP contribution >= 0.6 is 0 Å². The van der Waals surface area contributed by atoms with Crippen LogP contribution in [0.15, 0.2) is 91.1 Å². The minimum Gasteiger partial charge on any atom is -0.338 e. The number of fused-ring (bicyclic) bond motifs is 5. The molecule has 3 aliphatic rings. The minimum absolute atomic E-state index is 0.310. The van der Waals surface area contributed by atoms with E-state index in [0.717, 1.165) is 45.5 Å². The predicted molar refractivity (Wildman–Crippen MR) is 168 cm³/mol. The average Bonchev–Trinajstić information content (AvgIpc) is 3.35. The Balaban J connectivity index is 1.34. The first kappa shape index (κ1) is 24.6. The highest BCUT2D eigenvalue weighted by Crippen LogP contribution is 2.47. The highest BCUT2D eigenvalue weighted by Gasteiger charge is 2.34. The third-order valence-electron chi connectivity index (χ3n) is 9.90. The molecule has 2 saturated carbocycles. The SMILES string of the molecule is CC1(c2ccc(-c3c(-c4ccc(C5CCCCC5)cc4)nc4n3-c3cccnc3Nc3ccccc3-4)cc2)CCC1. The zero-order valence-electron chi connectivity index (χ0n) is 23.7. The van der Waals surface area contributed by atoms with E-state index >= 15 is 0 Å². The molecule has 1 aliphatic heterocycles. The summed E-state index contributed by atoms with van der Waals surface area (Å²) in [4.78, 5) is 10.2. The van der Waals surface area contributed by atoms with Crippen molar-refractivity contribution >= 4 is 11.5 Å². The number of nitrogens with one attached hydrogen (secondary N) is 1. The molecule has 0 unspecified atom stereocenters. The van der Waals surface area contributed by atoms with E-state index < -0.39 is 0 Å². The highest BCUT2D eigenvalue weighted by molar-refractivity contribution is 5.90. The Labute approximate surface area is 242 Å². The van der Waals surface area contributed by atoms with Crippen LogP contribution in [-0.2, 0) is 5.41 Å². The topological polar surface area (TPSA) is 42.7 Å². The van der Waals surface area contributed by atoms with Crippen molar-refractivity contribution in [3.63, 3.8) is 0 Å². The van der Waals surface area contributed by atoms with Crippen LogP contribution in [-0.4, -0.2) is 14.5 Å². The summed E-state index contributed by atoms with van der Waals surface area (Å²) in [5.74, 6) is 2.47. The summed E-state index contributed by atoms with van der Waals surface area (Å²) < 4.78 is 2.33. The molecule has 3 heterocycles. The zero-order chi connectivity index (χ0) is 27.4. The van der Waals surface area contributed by atoms with E-state index in [9.17, 15) is 0 Å². The molecular weight excluding hydrogens is 500 g/mol. The fourth-order valence-electron chi connectivity index (χ4n) is 7.27. The molecule has 4 nitrogen and oxygen atoms in total. The third-order valence-corrected chi connectivity index (χ3v) is 9.90. The summed E-state index contributed by atoms with van der Waals surface area (Å²) in [6.45, 7) is 2.40. The fraction of sp³-hybridized carbons (Fsp3) is 0.297. The lowest BCUT2D eigenvalue weighted by Crippen LogP contribution is -2.30. The number of imidazole rings is 1. The van der Waals surface area contributed by atoms with Crippen LogP contribution in [0.1, 0.15) is 75.3 Å². The van der Waals surface area contributed by atoms with Gasteiger partial charge in [-0.3, -0.25) is 4.57 Å². The second kappa shape index (κ2) is 9.73. The van der Waals surface area contributed by atoms with Gasteiger partial charge in [-0.2, -0.15) is 0 Å². The molecule has 2 aromatic heterocycles. The van der Waals surface area contributed by atoms with Crippen molar-refractivity contribution in [2.75, 3.05) is 5.32 Å². The number of rotatable bonds is 4. The van der Waals surface area contributed by atoms with Gasteiger partial charge in [-0.1, -0.05) is 93.3 Å². The molecule has 2 fully saturated rings. The smallest absolute Gasteiger partial charge is 0.154 e. The lowest BCUT2D eigenvalue weighted by molar-refractivity contribution is 0.272. The zero-order valence-corrected chi connectivity index (χ0v) is 23.7. The lowest BCUT2D eigenvalue weighted by Gasteiger charge is -2.39. The van der Waals surface area contributed by atoms with Gasteiger partial charge in [0.1, 0.15) is 5.82 Å². The van der Waals surface area contributed by atoms with Gasteiger partial charge in [-0.25, -0.2) is 9.97 Å². The standard InChI is InChI=1S/C37H36N4/c1-37(22-8-23-37)29-20-18-28(19-21-29)34-33(27-16-14-26(15-17-27)25-9-3-2-4-10-25)40-36-30-11-5-6-12-31(30)39-35-32(41(34)36)13-7-24-38-35/h5-7,11-21,24-25H,2-4,8-10,22-23H2,1H3,(H,38,39). The van der Waals surface area contributed by atoms with Crippen LogP contribution in [0, 0.1) is 0 Å². The first-order valence-corrected chi connectivity index (χ1v) is 15.3. The van der Waals surface area contributed by atoms with Crippen LogP contribution in [0.25, 0.3) is 39.6 Å². The maximum absolute atomic E-state index is 5.43. The quantitative estimate of drug-likeness (QED) is 0.244. The Bertz CT molecular complexity index is 1720. The van der Waals surface area contributed by atoms with Crippen LogP contribution in [0.3, 0.4) is 0 Å². The van der Waals surface area contributed by atoms with E-state index in [1.807, 2.05) is 12.3 Å². The van der Waals surface area contributed by atoms with Gasteiger partial charge < -0.3 is 5.32 Å². The molecule has 0 bridgehead atoms. The minimum atomic E-state index is 0.310. The number of hydrogen-bond acceptors (Lipinski definition) is 3. The van der Waals surface area contributed by atoms with E-state index in [1.54, 1.807) is 0 Å². The molecule has 0 spiro atoms. The fourth-order valence-corrected chi connectivity index (χ4v) is 7.27. The predicted octanol–water partition coefficient (Wildman–Crippen LogP) is 9.81. The molecule has 0 saturated heterocycles. The Kier molecular flexibility index (Phi) is 5.84. The number of hydrogen-bond donors (Lipinski definition) is 1. The third kappa shape index (κ3) is 4.11. The first-order chi connectivity index (χ1) is 20.2.